The van der Waals surface area contributed by atoms with Crippen LogP contribution in [0.2, 0.25) is 5.02 Å². The minimum atomic E-state index is -0.601. The van der Waals surface area contributed by atoms with Crippen LogP contribution in [0.1, 0.15) is 12.5 Å². The Morgan fingerprint density at radius 1 is 1.06 bits per heavy atom. The van der Waals surface area contributed by atoms with Gasteiger partial charge in [0.25, 0.3) is 0 Å². The van der Waals surface area contributed by atoms with Gasteiger partial charge in [-0.15, -0.1) is 0 Å². The summed E-state index contributed by atoms with van der Waals surface area (Å²) in [5.74, 6) is 0.243. The molecule has 0 unspecified atom stereocenters. The third-order valence-corrected chi connectivity index (χ3v) is 4.63. The Kier molecular flexibility index (Phi) is 5.78. The number of fused-ring (bicyclic) bond motifs is 1. The maximum absolute atomic E-state index is 14.3. The van der Waals surface area contributed by atoms with Gasteiger partial charge in [0.1, 0.15) is 11.6 Å². The predicted octanol–water partition coefficient (Wildman–Crippen LogP) is 5.66. The summed E-state index contributed by atoms with van der Waals surface area (Å²) in [6.07, 6.45) is 0. The van der Waals surface area contributed by atoms with Crippen molar-refractivity contribution in [2.45, 2.75) is 6.92 Å². The smallest absolute Gasteiger partial charge is 0.328 e. The first-order valence-corrected chi connectivity index (χ1v) is 9.76. The molecule has 0 bridgehead atoms. The summed E-state index contributed by atoms with van der Waals surface area (Å²) in [5, 5.41) is 17.1. The molecule has 0 atom stereocenters. The van der Waals surface area contributed by atoms with Gasteiger partial charge < -0.3 is 15.4 Å². The third kappa shape index (κ3) is 4.63. The number of nitrogens with zero attached hydrogens (tertiary/aromatic N) is 4. The van der Waals surface area contributed by atoms with Gasteiger partial charge in [-0.3, -0.25) is 0 Å². The highest BCUT2D eigenvalue weighted by atomic mass is 35.5. The van der Waals surface area contributed by atoms with E-state index in [1.165, 1.54) is 12.1 Å². The van der Waals surface area contributed by atoms with Gasteiger partial charge in [-0.2, -0.15) is 20.2 Å². The van der Waals surface area contributed by atoms with E-state index in [0.29, 0.717) is 17.3 Å². The molecule has 0 saturated carbocycles. The minimum Gasteiger partial charge on any atom is -0.424 e. The molecule has 31 heavy (non-hydrogen) atoms. The van der Waals surface area contributed by atoms with Crippen LogP contribution in [0, 0.1) is 17.1 Å². The highest BCUT2D eigenvalue weighted by Crippen LogP contribution is 2.29. The molecule has 7 nitrogen and oxygen atoms in total. The zero-order valence-electron chi connectivity index (χ0n) is 16.4. The van der Waals surface area contributed by atoms with Gasteiger partial charge in [0.05, 0.1) is 17.3 Å². The average Bonchev–Trinajstić information content (AvgIpc) is 2.76. The fraction of sp³-hybridized carbons (Fsp3) is 0.0909. The molecular weight excluding hydrogens is 419 g/mol. The molecule has 0 radical (unpaired) electrons. The summed E-state index contributed by atoms with van der Waals surface area (Å²) in [6, 6.07) is 17.1. The maximum Gasteiger partial charge on any atom is 0.328 e. The highest BCUT2D eigenvalue weighted by Gasteiger charge is 2.12. The van der Waals surface area contributed by atoms with Crippen molar-refractivity contribution in [2.75, 3.05) is 17.2 Å². The van der Waals surface area contributed by atoms with Gasteiger partial charge >= 0.3 is 6.01 Å². The van der Waals surface area contributed by atoms with Crippen LogP contribution in [0.15, 0.2) is 54.6 Å². The lowest BCUT2D eigenvalue weighted by atomic mass is 10.1. The molecule has 0 spiro atoms. The number of ether oxygens (including phenoxy) is 1. The van der Waals surface area contributed by atoms with E-state index in [1.54, 1.807) is 18.2 Å². The standard InChI is InChI=1S/C22H16ClFN6O/c1-2-26-20-28-21(27-19-9-6-13(12-25)10-18(19)24)30-22(29-20)31-15-8-7-14-4-3-5-17(23)16(14)11-15/h3-11H,2H2,1H3,(H2,26,27,28,29,30). The summed E-state index contributed by atoms with van der Waals surface area (Å²) in [7, 11) is 0. The highest BCUT2D eigenvalue weighted by molar-refractivity contribution is 6.35. The summed E-state index contributed by atoms with van der Waals surface area (Å²) >= 11 is 6.28. The molecule has 4 rings (SSSR count). The summed E-state index contributed by atoms with van der Waals surface area (Å²) < 4.78 is 20.1. The Balaban J connectivity index is 1.66. The molecule has 0 fully saturated rings. The molecule has 3 aromatic carbocycles. The fourth-order valence-electron chi connectivity index (χ4n) is 2.88. The topological polar surface area (TPSA) is 95.8 Å². The summed E-state index contributed by atoms with van der Waals surface area (Å²) in [6.45, 7) is 2.46. The fourth-order valence-corrected chi connectivity index (χ4v) is 3.12. The van der Waals surface area contributed by atoms with E-state index in [1.807, 2.05) is 31.2 Å². The molecule has 0 aliphatic rings. The van der Waals surface area contributed by atoms with E-state index < -0.39 is 5.82 Å². The van der Waals surface area contributed by atoms with Crippen molar-refractivity contribution >= 4 is 40.0 Å². The van der Waals surface area contributed by atoms with Crippen LogP contribution in [0.3, 0.4) is 0 Å². The lowest BCUT2D eigenvalue weighted by Crippen LogP contribution is -2.08. The average molecular weight is 435 g/mol. The Labute approximate surface area is 182 Å². The van der Waals surface area contributed by atoms with Crippen LogP contribution < -0.4 is 15.4 Å². The second-order valence-corrected chi connectivity index (χ2v) is 6.86. The van der Waals surface area contributed by atoms with E-state index in [-0.39, 0.29) is 29.2 Å². The molecule has 9 heteroatoms. The predicted molar refractivity (Wildman–Crippen MR) is 117 cm³/mol. The molecule has 1 aromatic heterocycles. The van der Waals surface area contributed by atoms with E-state index in [0.717, 1.165) is 16.8 Å². The van der Waals surface area contributed by atoms with Crippen molar-refractivity contribution in [3.8, 4) is 17.8 Å². The molecule has 0 aliphatic heterocycles. The van der Waals surface area contributed by atoms with Crippen LogP contribution in [-0.2, 0) is 0 Å². The van der Waals surface area contributed by atoms with E-state index in [4.69, 9.17) is 21.6 Å². The van der Waals surface area contributed by atoms with Crippen molar-refractivity contribution in [1.29, 1.82) is 5.26 Å². The molecule has 1 heterocycles. The number of hydrogen-bond donors (Lipinski definition) is 2. The van der Waals surface area contributed by atoms with Crippen LogP contribution in [0.25, 0.3) is 10.8 Å². The van der Waals surface area contributed by atoms with Crippen LogP contribution >= 0.6 is 11.6 Å². The monoisotopic (exact) mass is 434 g/mol. The van der Waals surface area contributed by atoms with Crippen LogP contribution in [-0.4, -0.2) is 21.5 Å². The van der Waals surface area contributed by atoms with Crippen molar-refractivity contribution in [1.82, 2.24) is 15.0 Å². The van der Waals surface area contributed by atoms with E-state index >= 15 is 0 Å². The van der Waals surface area contributed by atoms with Gasteiger partial charge in [-0.1, -0.05) is 29.8 Å². The Hall–Kier alpha value is -3.96. The molecule has 0 saturated heterocycles. The van der Waals surface area contributed by atoms with Crippen molar-refractivity contribution < 1.29 is 9.13 Å². The molecule has 0 aliphatic carbocycles. The van der Waals surface area contributed by atoms with E-state index in [2.05, 4.69) is 25.6 Å². The zero-order valence-corrected chi connectivity index (χ0v) is 17.1. The zero-order chi connectivity index (χ0) is 21.8. The minimum absolute atomic E-state index is 0.0221. The molecule has 2 N–H and O–H groups in total. The molecule has 4 aromatic rings. The Morgan fingerprint density at radius 2 is 1.90 bits per heavy atom. The Bertz CT molecular complexity index is 1310. The van der Waals surface area contributed by atoms with Gasteiger partial charge in [-0.25, -0.2) is 4.39 Å². The lowest BCUT2D eigenvalue weighted by Gasteiger charge is -2.11. The first kappa shape index (κ1) is 20.3. The number of rotatable bonds is 6. The SMILES string of the molecule is CCNc1nc(Nc2ccc(C#N)cc2F)nc(Oc2ccc3cccc(Cl)c3c2)n1. The number of anilines is 3. The van der Waals surface area contributed by atoms with Crippen LogP contribution in [0.4, 0.5) is 22.0 Å². The second-order valence-electron chi connectivity index (χ2n) is 6.45. The molecule has 0 amide bonds. The van der Waals surface area contributed by atoms with Crippen molar-refractivity contribution in [3.05, 3.63) is 71.0 Å². The van der Waals surface area contributed by atoms with Gasteiger partial charge in [-0.05, 0) is 48.7 Å². The van der Waals surface area contributed by atoms with Gasteiger partial charge in [0.2, 0.25) is 11.9 Å². The normalized spacial score (nSPS) is 10.5. The summed E-state index contributed by atoms with van der Waals surface area (Å²) in [5.41, 5.74) is 0.335. The quantitative estimate of drug-likeness (QED) is 0.404. The number of hydrogen-bond acceptors (Lipinski definition) is 7. The van der Waals surface area contributed by atoms with Crippen LogP contribution in [0.5, 0.6) is 11.8 Å². The van der Waals surface area contributed by atoms with Gasteiger partial charge in [0.15, 0.2) is 0 Å². The number of benzene rings is 3. The first-order chi connectivity index (χ1) is 15.1. The van der Waals surface area contributed by atoms with Crippen molar-refractivity contribution in [3.63, 3.8) is 0 Å². The number of nitriles is 1. The molecule has 154 valence electrons. The maximum atomic E-state index is 14.3. The second kappa shape index (κ2) is 8.81. The first-order valence-electron chi connectivity index (χ1n) is 9.38. The number of nitrogens with one attached hydrogen (secondary N) is 2. The third-order valence-electron chi connectivity index (χ3n) is 4.30. The van der Waals surface area contributed by atoms with Gasteiger partial charge in [0, 0.05) is 17.0 Å². The number of halogens is 2. The summed E-state index contributed by atoms with van der Waals surface area (Å²) in [4.78, 5) is 12.7. The number of aromatic nitrogens is 3. The van der Waals surface area contributed by atoms with E-state index in [9.17, 15) is 4.39 Å². The lowest BCUT2D eigenvalue weighted by molar-refractivity contribution is 0.442. The molecular formula is C22H16ClFN6O. The van der Waals surface area contributed by atoms with Crippen molar-refractivity contribution in [2.24, 2.45) is 0 Å². The Morgan fingerprint density at radius 3 is 2.68 bits per heavy atom. The largest absolute Gasteiger partial charge is 0.424 e.